The van der Waals surface area contributed by atoms with Gasteiger partial charge in [0.15, 0.2) is 0 Å². The lowest BCUT2D eigenvalue weighted by molar-refractivity contribution is -0.140. The van der Waals surface area contributed by atoms with Gasteiger partial charge in [0, 0.05) is 0 Å². The second-order valence-electron chi connectivity index (χ2n) is 5.06. The first-order valence-corrected chi connectivity index (χ1v) is 6.39. The minimum absolute atomic E-state index is 0.229. The monoisotopic (exact) mass is 297 g/mol. The normalized spacial score (nSPS) is 13.3. The number of rotatable bonds is 2. The molecule has 5 heteroatoms. The molecule has 1 atom stereocenters. The number of aryl methyl sites for hydroxylation is 2. The Morgan fingerprint density at radius 2 is 1.48 bits per heavy atom. The van der Waals surface area contributed by atoms with Crippen LogP contribution < -0.4 is 5.73 Å². The van der Waals surface area contributed by atoms with Crippen molar-refractivity contribution in [3.05, 3.63) is 70.0 Å². The van der Waals surface area contributed by atoms with Gasteiger partial charge in [0.25, 0.3) is 0 Å². The van der Waals surface area contributed by atoms with Crippen LogP contribution in [-0.4, -0.2) is 0 Å². The molecular formula is C16H15F4N. The van der Waals surface area contributed by atoms with E-state index in [1.165, 1.54) is 6.07 Å². The van der Waals surface area contributed by atoms with E-state index < -0.39 is 23.6 Å². The Bertz CT molecular complexity index is 662. The molecule has 1 unspecified atom stereocenters. The second-order valence-corrected chi connectivity index (χ2v) is 5.06. The maximum Gasteiger partial charge on any atom is 0.419 e. The Balaban J connectivity index is 2.44. The number of benzene rings is 2. The topological polar surface area (TPSA) is 26.0 Å². The van der Waals surface area contributed by atoms with Crippen molar-refractivity contribution in [2.45, 2.75) is 26.1 Å². The molecule has 0 bridgehead atoms. The predicted molar refractivity (Wildman–Crippen MR) is 73.3 cm³/mol. The summed E-state index contributed by atoms with van der Waals surface area (Å²) in [6, 6.07) is 7.59. The van der Waals surface area contributed by atoms with Crippen LogP contribution in [0, 0.1) is 19.7 Å². The zero-order valence-corrected chi connectivity index (χ0v) is 11.6. The summed E-state index contributed by atoms with van der Waals surface area (Å²) < 4.78 is 51.5. The van der Waals surface area contributed by atoms with Crippen LogP contribution in [0.3, 0.4) is 0 Å². The highest BCUT2D eigenvalue weighted by Crippen LogP contribution is 2.33. The summed E-state index contributed by atoms with van der Waals surface area (Å²) in [4.78, 5) is 0. The van der Waals surface area contributed by atoms with Crippen molar-refractivity contribution < 1.29 is 17.6 Å². The van der Waals surface area contributed by atoms with Gasteiger partial charge in [0.2, 0.25) is 0 Å². The average Bonchev–Trinajstić information content (AvgIpc) is 2.40. The number of hydrogen-bond acceptors (Lipinski definition) is 1. The molecule has 0 aromatic heterocycles. The van der Waals surface area contributed by atoms with Crippen molar-refractivity contribution in [1.82, 2.24) is 0 Å². The van der Waals surface area contributed by atoms with Crippen molar-refractivity contribution in [3.8, 4) is 0 Å². The molecule has 2 N–H and O–H groups in total. The van der Waals surface area contributed by atoms with E-state index in [1.54, 1.807) is 6.07 Å². The first-order chi connectivity index (χ1) is 9.70. The molecular weight excluding hydrogens is 282 g/mol. The van der Waals surface area contributed by atoms with Crippen LogP contribution in [0.15, 0.2) is 36.4 Å². The second kappa shape index (κ2) is 5.48. The van der Waals surface area contributed by atoms with Crippen LogP contribution >= 0.6 is 0 Å². The van der Waals surface area contributed by atoms with E-state index in [2.05, 4.69) is 0 Å². The van der Waals surface area contributed by atoms with Crippen LogP contribution in [0.2, 0.25) is 0 Å². The van der Waals surface area contributed by atoms with Crippen molar-refractivity contribution >= 4 is 0 Å². The maximum atomic E-state index is 13.3. The third kappa shape index (κ3) is 3.24. The molecule has 0 heterocycles. The minimum Gasteiger partial charge on any atom is -0.320 e. The van der Waals surface area contributed by atoms with Gasteiger partial charge in [0.05, 0.1) is 11.6 Å². The van der Waals surface area contributed by atoms with Gasteiger partial charge in [-0.2, -0.15) is 13.2 Å². The molecule has 2 aromatic rings. The van der Waals surface area contributed by atoms with Gasteiger partial charge >= 0.3 is 6.18 Å². The van der Waals surface area contributed by atoms with E-state index in [0.717, 1.165) is 23.3 Å². The Kier molecular flexibility index (Phi) is 4.05. The standard InChI is InChI=1S/C16H15F4N/c1-9-3-4-11(7-10(9)2)15(21)12-5-6-14(17)13(8-12)16(18,19)20/h3-8,15H,21H2,1-2H3. The van der Waals surface area contributed by atoms with Gasteiger partial charge in [-0.15, -0.1) is 0 Å². The lowest BCUT2D eigenvalue weighted by Crippen LogP contribution is -2.15. The van der Waals surface area contributed by atoms with Crippen LogP contribution in [-0.2, 0) is 6.18 Å². The van der Waals surface area contributed by atoms with Gasteiger partial charge < -0.3 is 5.73 Å². The fourth-order valence-electron chi connectivity index (χ4n) is 2.10. The molecule has 0 spiro atoms. The average molecular weight is 297 g/mol. The van der Waals surface area contributed by atoms with Gasteiger partial charge in [-0.05, 0) is 48.2 Å². The summed E-state index contributed by atoms with van der Waals surface area (Å²) in [6.07, 6.45) is -4.73. The summed E-state index contributed by atoms with van der Waals surface area (Å²) in [7, 11) is 0. The lowest BCUT2D eigenvalue weighted by atomic mass is 9.95. The van der Waals surface area contributed by atoms with Gasteiger partial charge in [-0.1, -0.05) is 24.3 Å². The largest absolute Gasteiger partial charge is 0.419 e. The fraction of sp³-hybridized carbons (Fsp3) is 0.250. The SMILES string of the molecule is Cc1ccc(C(N)c2ccc(F)c(C(F)(F)F)c2)cc1C. The summed E-state index contributed by atoms with van der Waals surface area (Å²) in [5.74, 6) is -1.29. The third-order valence-electron chi connectivity index (χ3n) is 3.55. The van der Waals surface area contributed by atoms with Crippen molar-refractivity contribution in [2.24, 2.45) is 5.73 Å². The molecule has 0 saturated heterocycles. The molecule has 0 amide bonds. The van der Waals surface area contributed by atoms with E-state index >= 15 is 0 Å². The highest BCUT2D eigenvalue weighted by atomic mass is 19.4. The number of nitrogens with two attached hydrogens (primary N) is 1. The molecule has 21 heavy (non-hydrogen) atoms. The summed E-state index contributed by atoms with van der Waals surface area (Å²) in [6.45, 7) is 3.83. The Morgan fingerprint density at radius 1 is 0.905 bits per heavy atom. The van der Waals surface area contributed by atoms with E-state index in [0.29, 0.717) is 5.56 Å². The van der Waals surface area contributed by atoms with Gasteiger partial charge in [0.1, 0.15) is 5.82 Å². The lowest BCUT2D eigenvalue weighted by Gasteiger charge is -2.16. The Labute approximate surface area is 120 Å². The minimum atomic E-state index is -4.73. The first-order valence-electron chi connectivity index (χ1n) is 6.39. The van der Waals surface area contributed by atoms with Crippen LogP contribution in [0.25, 0.3) is 0 Å². The van der Waals surface area contributed by atoms with E-state index in [-0.39, 0.29) is 5.56 Å². The van der Waals surface area contributed by atoms with Crippen molar-refractivity contribution in [3.63, 3.8) is 0 Å². The molecule has 1 nitrogen and oxygen atoms in total. The molecule has 0 aliphatic heterocycles. The van der Waals surface area contributed by atoms with Crippen LogP contribution in [0.5, 0.6) is 0 Å². The quantitative estimate of drug-likeness (QED) is 0.811. The van der Waals surface area contributed by atoms with Gasteiger partial charge in [-0.25, -0.2) is 4.39 Å². The highest BCUT2D eigenvalue weighted by Gasteiger charge is 2.34. The van der Waals surface area contributed by atoms with Crippen LogP contribution in [0.4, 0.5) is 17.6 Å². The number of halogens is 4. The summed E-state index contributed by atoms with van der Waals surface area (Å²) in [5.41, 5.74) is 7.71. The highest BCUT2D eigenvalue weighted by molar-refractivity contribution is 5.38. The molecule has 0 fully saturated rings. The Morgan fingerprint density at radius 3 is 2.05 bits per heavy atom. The summed E-state index contributed by atoms with van der Waals surface area (Å²) >= 11 is 0. The predicted octanol–water partition coefficient (Wildman–Crippen LogP) is 4.51. The van der Waals surface area contributed by atoms with Crippen LogP contribution in [0.1, 0.15) is 33.9 Å². The Hall–Kier alpha value is -1.88. The third-order valence-corrected chi connectivity index (χ3v) is 3.55. The molecule has 112 valence electrons. The fourth-order valence-corrected chi connectivity index (χ4v) is 2.10. The zero-order chi connectivity index (χ0) is 15.8. The molecule has 2 aromatic carbocycles. The summed E-state index contributed by atoms with van der Waals surface area (Å²) in [5, 5.41) is 0. The van der Waals surface area contributed by atoms with Crippen molar-refractivity contribution in [1.29, 1.82) is 0 Å². The zero-order valence-electron chi connectivity index (χ0n) is 11.6. The molecule has 2 rings (SSSR count). The molecule has 0 aliphatic rings. The molecule has 0 saturated carbocycles. The smallest absolute Gasteiger partial charge is 0.320 e. The van der Waals surface area contributed by atoms with Gasteiger partial charge in [-0.3, -0.25) is 0 Å². The number of alkyl halides is 3. The van der Waals surface area contributed by atoms with E-state index in [1.807, 2.05) is 26.0 Å². The first kappa shape index (κ1) is 15.5. The molecule has 0 radical (unpaired) electrons. The van der Waals surface area contributed by atoms with Crippen molar-refractivity contribution in [2.75, 3.05) is 0 Å². The maximum absolute atomic E-state index is 13.3. The van der Waals surface area contributed by atoms with E-state index in [4.69, 9.17) is 5.73 Å². The molecule has 0 aliphatic carbocycles. The number of hydrogen-bond donors (Lipinski definition) is 1. The van der Waals surface area contributed by atoms with E-state index in [9.17, 15) is 17.6 Å².